The van der Waals surface area contributed by atoms with E-state index in [0.29, 0.717) is 0 Å². The van der Waals surface area contributed by atoms with Gasteiger partial charge in [-0.3, -0.25) is 0 Å². The third-order valence-electron chi connectivity index (χ3n) is 3.10. The molecular weight excluding hydrogens is 146 g/mol. The van der Waals surface area contributed by atoms with E-state index in [1.165, 1.54) is 38.8 Å². The molecule has 0 amide bonds. The Labute approximate surface area is 77.1 Å². The Morgan fingerprint density at radius 1 is 1.25 bits per heavy atom. The highest BCUT2D eigenvalue weighted by atomic mass is 15.1. The van der Waals surface area contributed by atoms with Crippen molar-refractivity contribution in [1.82, 2.24) is 4.90 Å². The number of hydrogen-bond donors (Lipinski definition) is 0. The number of hydrogen-bond acceptors (Lipinski definition) is 1. The van der Waals surface area contributed by atoms with E-state index in [1.54, 1.807) is 0 Å². The Bertz CT molecular complexity index is 114. The first-order valence-electron chi connectivity index (χ1n) is 5.48. The van der Waals surface area contributed by atoms with Crippen LogP contribution >= 0.6 is 0 Å². The molecule has 1 aliphatic carbocycles. The van der Waals surface area contributed by atoms with Crippen molar-refractivity contribution in [2.45, 2.75) is 52.5 Å². The molecular formula is C11H23N. The molecule has 0 saturated heterocycles. The molecule has 72 valence electrons. The van der Waals surface area contributed by atoms with Gasteiger partial charge in [0.1, 0.15) is 0 Å². The molecule has 0 radical (unpaired) electrons. The van der Waals surface area contributed by atoms with Crippen molar-refractivity contribution >= 4 is 0 Å². The summed E-state index contributed by atoms with van der Waals surface area (Å²) in [6.45, 7) is 9.44. The largest absolute Gasteiger partial charge is 0.301 e. The van der Waals surface area contributed by atoms with Crippen LogP contribution < -0.4 is 0 Å². The van der Waals surface area contributed by atoms with Crippen LogP contribution in [0.4, 0.5) is 0 Å². The Hall–Kier alpha value is -0.0400. The van der Waals surface area contributed by atoms with Gasteiger partial charge in [0, 0.05) is 12.6 Å². The highest BCUT2D eigenvalue weighted by Gasteiger charge is 2.18. The third kappa shape index (κ3) is 2.78. The second-order valence-corrected chi connectivity index (χ2v) is 4.33. The number of nitrogens with zero attached hydrogens (tertiary/aromatic N) is 1. The Morgan fingerprint density at radius 3 is 2.25 bits per heavy atom. The second kappa shape index (κ2) is 4.86. The predicted octanol–water partition coefficient (Wildman–Crippen LogP) is 2.91. The zero-order chi connectivity index (χ0) is 8.97. The summed E-state index contributed by atoms with van der Waals surface area (Å²) in [5, 5.41) is 0. The van der Waals surface area contributed by atoms with Crippen LogP contribution in [0.15, 0.2) is 0 Å². The third-order valence-corrected chi connectivity index (χ3v) is 3.10. The monoisotopic (exact) mass is 169 g/mol. The standard InChI is InChI=1S/C11H23N/c1-4-12(10(2)3)9-11-7-5-6-8-11/h10-11H,4-9H2,1-3H3. The van der Waals surface area contributed by atoms with Gasteiger partial charge in [-0.25, -0.2) is 0 Å². The first kappa shape index (κ1) is 10.0. The SMILES string of the molecule is CCN(CC1CCCC1)C(C)C. The van der Waals surface area contributed by atoms with Gasteiger partial charge in [-0.2, -0.15) is 0 Å². The zero-order valence-electron chi connectivity index (χ0n) is 8.84. The molecule has 0 heterocycles. The summed E-state index contributed by atoms with van der Waals surface area (Å²) in [5.74, 6) is 1.01. The lowest BCUT2D eigenvalue weighted by Gasteiger charge is -2.27. The Morgan fingerprint density at radius 2 is 1.83 bits per heavy atom. The fourth-order valence-electron chi connectivity index (χ4n) is 2.23. The first-order chi connectivity index (χ1) is 5.74. The van der Waals surface area contributed by atoms with E-state index in [0.717, 1.165) is 12.0 Å². The van der Waals surface area contributed by atoms with E-state index < -0.39 is 0 Å². The summed E-state index contributed by atoms with van der Waals surface area (Å²) >= 11 is 0. The van der Waals surface area contributed by atoms with Gasteiger partial charge in [0.15, 0.2) is 0 Å². The van der Waals surface area contributed by atoms with Crippen molar-refractivity contribution < 1.29 is 0 Å². The second-order valence-electron chi connectivity index (χ2n) is 4.33. The maximum atomic E-state index is 2.59. The van der Waals surface area contributed by atoms with Gasteiger partial charge in [-0.1, -0.05) is 19.8 Å². The van der Waals surface area contributed by atoms with Crippen LogP contribution in [0.3, 0.4) is 0 Å². The normalized spacial score (nSPS) is 19.8. The average Bonchev–Trinajstić information content (AvgIpc) is 2.51. The van der Waals surface area contributed by atoms with Gasteiger partial charge < -0.3 is 4.90 Å². The van der Waals surface area contributed by atoms with Crippen molar-refractivity contribution in [3.63, 3.8) is 0 Å². The molecule has 1 nitrogen and oxygen atoms in total. The van der Waals surface area contributed by atoms with Crippen molar-refractivity contribution in [3.8, 4) is 0 Å². The predicted molar refractivity (Wildman–Crippen MR) is 54.3 cm³/mol. The van der Waals surface area contributed by atoms with Gasteiger partial charge in [0.05, 0.1) is 0 Å². The lowest BCUT2D eigenvalue weighted by molar-refractivity contribution is 0.198. The number of rotatable bonds is 4. The fourth-order valence-corrected chi connectivity index (χ4v) is 2.23. The highest BCUT2D eigenvalue weighted by Crippen LogP contribution is 2.25. The molecule has 0 bridgehead atoms. The minimum atomic E-state index is 0.732. The van der Waals surface area contributed by atoms with Crippen LogP contribution in [0.25, 0.3) is 0 Å². The van der Waals surface area contributed by atoms with Crippen molar-refractivity contribution in [3.05, 3.63) is 0 Å². The van der Waals surface area contributed by atoms with Gasteiger partial charge in [-0.05, 0) is 39.2 Å². The first-order valence-corrected chi connectivity index (χ1v) is 5.48. The molecule has 1 saturated carbocycles. The van der Waals surface area contributed by atoms with Gasteiger partial charge in [0.25, 0.3) is 0 Å². The van der Waals surface area contributed by atoms with Gasteiger partial charge in [-0.15, -0.1) is 0 Å². The van der Waals surface area contributed by atoms with Crippen LogP contribution in [0, 0.1) is 5.92 Å². The molecule has 0 unspecified atom stereocenters. The summed E-state index contributed by atoms with van der Waals surface area (Å²) < 4.78 is 0. The van der Waals surface area contributed by atoms with Crippen LogP contribution in [0.2, 0.25) is 0 Å². The molecule has 0 spiro atoms. The van der Waals surface area contributed by atoms with Gasteiger partial charge >= 0.3 is 0 Å². The van der Waals surface area contributed by atoms with E-state index in [4.69, 9.17) is 0 Å². The topological polar surface area (TPSA) is 3.24 Å². The van der Waals surface area contributed by atoms with Crippen molar-refractivity contribution in [2.75, 3.05) is 13.1 Å². The molecule has 0 N–H and O–H groups in total. The molecule has 0 aliphatic heterocycles. The van der Waals surface area contributed by atoms with E-state index in [-0.39, 0.29) is 0 Å². The van der Waals surface area contributed by atoms with Crippen LogP contribution in [-0.4, -0.2) is 24.0 Å². The Kier molecular flexibility index (Phi) is 4.07. The molecule has 1 fully saturated rings. The molecule has 0 atom stereocenters. The summed E-state index contributed by atoms with van der Waals surface area (Å²) in [6, 6.07) is 0.732. The van der Waals surface area contributed by atoms with E-state index in [2.05, 4.69) is 25.7 Å². The minimum absolute atomic E-state index is 0.732. The van der Waals surface area contributed by atoms with Crippen LogP contribution in [-0.2, 0) is 0 Å². The van der Waals surface area contributed by atoms with Crippen LogP contribution in [0.5, 0.6) is 0 Å². The van der Waals surface area contributed by atoms with Gasteiger partial charge in [0.2, 0.25) is 0 Å². The maximum Gasteiger partial charge on any atom is 0.00385 e. The molecule has 12 heavy (non-hydrogen) atoms. The lowest BCUT2D eigenvalue weighted by Crippen LogP contribution is -2.34. The highest BCUT2D eigenvalue weighted by molar-refractivity contribution is 4.72. The quantitative estimate of drug-likeness (QED) is 0.625. The zero-order valence-corrected chi connectivity index (χ0v) is 8.84. The van der Waals surface area contributed by atoms with Crippen molar-refractivity contribution in [1.29, 1.82) is 0 Å². The molecule has 1 aliphatic rings. The molecule has 0 aromatic rings. The minimum Gasteiger partial charge on any atom is -0.301 e. The lowest BCUT2D eigenvalue weighted by atomic mass is 10.1. The average molecular weight is 169 g/mol. The van der Waals surface area contributed by atoms with Crippen LogP contribution in [0.1, 0.15) is 46.5 Å². The summed E-state index contributed by atoms with van der Waals surface area (Å²) in [6.07, 6.45) is 5.90. The Balaban J connectivity index is 2.26. The molecule has 0 aromatic heterocycles. The van der Waals surface area contributed by atoms with E-state index in [9.17, 15) is 0 Å². The van der Waals surface area contributed by atoms with Crippen molar-refractivity contribution in [2.24, 2.45) is 5.92 Å². The fraction of sp³-hybridized carbons (Fsp3) is 1.00. The van der Waals surface area contributed by atoms with E-state index >= 15 is 0 Å². The molecule has 0 aromatic carbocycles. The smallest absolute Gasteiger partial charge is 0.00385 e. The molecule has 1 heteroatoms. The summed E-state index contributed by atoms with van der Waals surface area (Å²) in [7, 11) is 0. The maximum absolute atomic E-state index is 2.59. The molecule has 1 rings (SSSR count). The summed E-state index contributed by atoms with van der Waals surface area (Å²) in [4.78, 5) is 2.59. The van der Waals surface area contributed by atoms with E-state index in [1.807, 2.05) is 0 Å². The summed E-state index contributed by atoms with van der Waals surface area (Å²) in [5.41, 5.74) is 0.